The Morgan fingerprint density at radius 1 is 1.06 bits per heavy atom. The number of nitrogens with zero attached hydrogens (tertiary/aromatic N) is 3. The van der Waals surface area contributed by atoms with Crippen LogP contribution >= 0.6 is 23.2 Å². The second-order valence-corrected chi connectivity index (χ2v) is 7.96. The zero-order valence-electron chi connectivity index (χ0n) is 17.2. The first-order chi connectivity index (χ1) is 14.8. The summed E-state index contributed by atoms with van der Waals surface area (Å²) in [5.74, 6) is -0.000951. The molecule has 0 aliphatic heterocycles. The van der Waals surface area contributed by atoms with Gasteiger partial charge in [-0.2, -0.15) is 5.10 Å². The average Bonchev–Trinajstić information content (AvgIpc) is 3.02. The van der Waals surface area contributed by atoms with Gasteiger partial charge in [-0.15, -0.1) is 0 Å². The number of carbonyl (C=O) groups excluding carboxylic acids is 1. The van der Waals surface area contributed by atoms with Crippen LogP contribution < -0.4 is 10.1 Å². The summed E-state index contributed by atoms with van der Waals surface area (Å²) in [6.07, 6.45) is 0. The molecule has 0 fully saturated rings. The quantitative estimate of drug-likeness (QED) is 0.421. The summed E-state index contributed by atoms with van der Waals surface area (Å²) < 4.78 is 7.57. The average molecular weight is 455 g/mol. The highest BCUT2D eigenvalue weighted by molar-refractivity contribution is 6.39. The number of benzene rings is 2. The minimum Gasteiger partial charge on any atom is -0.480 e. The maximum atomic E-state index is 12.7. The summed E-state index contributed by atoms with van der Waals surface area (Å²) in [6, 6.07) is 15.0. The van der Waals surface area contributed by atoms with Crippen molar-refractivity contribution in [3.05, 3.63) is 75.7 Å². The Labute approximate surface area is 189 Å². The summed E-state index contributed by atoms with van der Waals surface area (Å²) in [5.41, 5.74) is 4.42. The van der Waals surface area contributed by atoms with Crippen LogP contribution in [0.4, 0.5) is 5.69 Å². The van der Waals surface area contributed by atoms with Crippen molar-refractivity contribution >= 4 is 45.7 Å². The molecule has 0 atom stereocenters. The van der Waals surface area contributed by atoms with Crippen molar-refractivity contribution in [1.82, 2.24) is 14.8 Å². The third-order valence-electron chi connectivity index (χ3n) is 4.88. The van der Waals surface area contributed by atoms with E-state index in [4.69, 9.17) is 27.9 Å². The standard InChI is InChI=1S/C23H20Cl2N4O2/c1-13-9-10-17-18(24)11-19(25)23(22(17)26-13)31-12-20(30)27-21-14(2)28-29(15(21)3)16-7-5-4-6-8-16/h4-11H,12H2,1-3H3,(H,27,30). The topological polar surface area (TPSA) is 69.0 Å². The number of hydrogen-bond acceptors (Lipinski definition) is 4. The number of para-hydroxylation sites is 1. The minimum atomic E-state index is -0.328. The summed E-state index contributed by atoms with van der Waals surface area (Å²) in [4.78, 5) is 17.1. The Morgan fingerprint density at radius 2 is 1.81 bits per heavy atom. The van der Waals surface area contributed by atoms with E-state index in [1.807, 2.05) is 63.2 Å². The molecule has 31 heavy (non-hydrogen) atoms. The molecule has 0 aliphatic carbocycles. The molecule has 1 N–H and O–H groups in total. The normalized spacial score (nSPS) is 11.0. The molecule has 0 radical (unpaired) electrons. The molecule has 2 heterocycles. The largest absolute Gasteiger partial charge is 0.480 e. The summed E-state index contributed by atoms with van der Waals surface area (Å²) in [6.45, 7) is 5.38. The van der Waals surface area contributed by atoms with Gasteiger partial charge in [-0.3, -0.25) is 4.79 Å². The van der Waals surface area contributed by atoms with Crippen molar-refractivity contribution in [3.8, 4) is 11.4 Å². The fourth-order valence-electron chi connectivity index (χ4n) is 3.38. The smallest absolute Gasteiger partial charge is 0.262 e. The van der Waals surface area contributed by atoms with Gasteiger partial charge in [0.05, 0.1) is 32.8 Å². The number of ether oxygens (including phenoxy) is 1. The molecule has 0 unspecified atom stereocenters. The Morgan fingerprint density at radius 3 is 2.55 bits per heavy atom. The van der Waals surface area contributed by atoms with Crippen LogP contribution in [0.1, 0.15) is 17.1 Å². The number of aromatic nitrogens is 3. The number of amides is 1. The zero-order valence-corrected chi connectivity index (χ0v) is 18.8. The van der Waals surface area contributed by atoms with Crippen molar-refractivity contribution in [1.29, 1.82) is 0 Å². The molecule has 4 rings (SSSR count). The molecule has 1 amide bonds. The van der Waals surface area contributed by atoms with E-state index in [0.29, 0.717) is 38.1 Å². The molecular formula is C23H20Cl2N4O2. The van der Waals surface area contributed by atoms with Crippen molar-refractivity contribution in [3.63, 3.8) is 0 Å². The highest BCUT2D eigenvalue weighted by atomic mass is 35.5. The van der Waals surface area contributed by atoms with Gasteiger partial charge in [-0.25, -0.2) is 9.67 Å². The van der Waals surface area contributed by atoms with Crippen LogP contribution in [-0.4, -0.2) is 27.3 Å². The zero-order chi connectivity index (χ0) is 22.1. The van der Waals surface area contributed by atoms with Gasteiger partial charge >= 0.3 is 0 Å². The Kier molecular flexibility index (Phi) is 5.85. The van der Waals surface area contributed by atoms with E-state index < -0.39 is 0 Å². The lowest BCUT2D eigenvalue weighted by Gasteiger charge is -2.12. The Hall–Kier alpha value is -3.09. The number of anilines is 1. The van der Waals surface area contributed by atoms with Crippen molar-refractivity contribution in [2.75, 3.05) is 11.9 Å². The van der Waals surface area contributed by atoms with Gasteiger partial charge in [-0.1, -0.05) is 41.4 Å². The van der Waals surface area contributed by atoms with E-state index in [0.717, 1.165) is 17.1 Å². The fraction of sp³-hybridized carbons (Fsp3) is 0.174. The monoisotopic (exact) mass is 454 g/mol. The number of nitrogens with one attached hydrogen (secondary N) is 1. The highest BCUT2D eigenvalue weighted by Gasteiger charge is 2.18. The van der Waals surface area contributed by atoms with Gasteiger partial charge in [0.2, 0.25) is 0 Å². The lowest BCUT2D eigenvalue weighted by atomic mass is 10.2. The van der Waals surface area contributed by atoms with Crippen molar-refractivity contribution in [2.24, 2.45) is 0 Å². The molecule has 2 aromatic heterocycles. The third-order valence-corrected chi connectivity index (χ3v) is 5.47. The lowest BCUT2D eigenvalue weighted by Crippen LogP contribution is -2.21. The minimum absolute atomic E-state index is 0.235. The number of hydrogen-bond donors (Lipinski definition) is 1. The van der Waals surface area contributed by atoms with Gasteiger partial charge in [0, 0.05) is 11.1 Å². The summed E-state index contributed by atoms with van der Waals surface area (Å²) >= 11 is 12.6. The molecular weight excluding hydrogens is 435 g/mol. The first kappa shape index (κ1) is 21.2. The molecule has 8 heteroatoms. The van der Waals surface area contributed by atoms with E-state index in [2.05, 4.69) is 15.4 Å². The van der Waals surface area contributed by atoms with Gasteiger partial charge in [0.1, 0.15) is 5.52 Å². The van der Waals surface area contributed by atoms with Crippen molar-refractivity contribution < 1.29 is 9.53 Å². The van der Waals surface area contributed by atoms with E-state index in [-0.39, 0.29) is 12.5 Å². The van der Waals surface area contributed by atoms with E-state index >= 15 is 0 Å². The molecule has 158 valence electrons. The second kappa shape index (κ2) is 8.57. The van der Waals surface area contributed by atoms with Crippen LogP contribution in [0.3, 0.4) is 0 Å². The van der Waals surface area contributed by atoms with Crippen LogP contribution in [0.5, 0.6) is 5.75 Å². The van der Waals surface area contributed by atoms with E-state index in [1.165, 1.54) is 0 Å². The second-order valence-electron chi connectivity index (χ2n) is 7.15. The maximum Gasteiger partial charge on any atom is 0.262 e. The van der Waals surface area contributed by atoms with Gasteiger partial charge in [0.15, 0.2) is 12.4 Å². The van der Waals surface area contributed by atoms with E-state index in [9.17, 15) is 4.79 Å². The number of pyridine rings is 1. The first-order valence-corrected chi connectivity index (χ1v) is 10.4. The molecule has 4 aromatic rings. The Balaban J connectivity index is 1.55. The molecule has 0 saturated heterocycles. The molecule has 0 saturated carbocycles. The molecule has 6 nitrogen and oxygen atoms in total. The number of carbonyl (C=O) groups is 1. The lowest BCUT2D eigenvalue weighted by molar-refractivity contribution is -0.118. The number of aryl methyl sites for hydroxylation is 2. The molecule has 2 aromatic carbocycles. The molecule has 0 aliphatic rings. The SMILES string of the molecule is Cc1ccc2c(Cl)cc(Cl)c(OCC(=O)Nc3c(C)nn(-c4ccccc4)c3C)c2n1. The number of rotatable bonds is 5. The van der Waals surface area contributed by atoms with Crippen LogP contribution in [-0.2, 0) is 4.79 Å². The van der Waals surface area contributed by atoms with Crippen LogP contribution in [0.25, 0.3) is 16.6 Å². The summed E-state index contributed by atoms with van der Waals surface area (Å²) in [5, 5.41) is 8.92. The van der Waals surface area contributed by atoms with Crippen molar-refractivity contribution in [2.45, 2.75) is 20.8 Å². The van der Waals surface area contributed by atoms with Gasteiger partial charge in [0.25, 0.3) is 5.91 Å². The fourth-order valence-corrected chi connectivity index (χ4v) is 3.96. The number of halogens is 2. The summed E-state index contributed by atoms with van der Waals surface area (Å²) in [7, 11) is 0. The van der Waals surface area contributed by atoms with E-state index in [1.54, 1.807) is 10.7 Å². The van der Waals surface area contributed by atoms with Gasteiger partial charge < -0.3 is 10.1 Å². The first-order valence-electron chi connectivity index (χ1n) is 9.65. The molecule has 0 spiro atoms. The van der Waals surface area contributed by atoms with Gasteiger partial charge in [-0.05, 0) is 51.1 Å². The number of fused-ring (bicyclic) bond motifs is 1. The van der Waals surface area contributed by atoms with Crippen LogP contribution in [0.2, 0.25) is 10.0 Å². The molecule has 0 bridgehead atoms. The van der Waals surface area contributed by atoms with Crippen LogP contribution in [0.15, 0.2) is 48.5 Å². The van der Waals surface area contributed by atoms with Crippen LogP contribution in [0, 0.1) is 20.8 Å². The highest BCUT2D eigenvalue weighted by Crippen LogP contribution is 2.37. The maximum absolute atomic E-state index is 12.7. The Bertz CT molecular complexity index is 1290. The predicted octanol–water partition coefficient (Wildman–Crippen LogP) is 5.67. The third kappa shape index (κ3) is 4.22. The predicted molar refractivity (Wildman–Crippen MR) is 124 cm³/mol.